The molecule has 0 spiro atoms. The molecule has 0 radical (unpaired) electrons. The van der Waals surface area contributed by atoms with Crippen molar-refractivity contribution >= 4 is 15.4 Å². The van der Waals surface area contributed by atoms with Crippen LogP contribution in [-0.4, -0.2) is 42.2 Å². The summed E-state index contributed by atoms with van der Waals surface area (Å²) in [6, 6.07) is 0. The number of nitrogens with one attached hydrogen (secondary N) is 1. The molecule has 0 fully saturated rings. The van der Waals surface area contributed by atoms with E-state index in [0.717, 1.165) is 19.3 Å². The minimum Gasteiger partial charge on any atom is -0.453 e. The number of amides is 1. The van der Waals surface area contributed by atoms with E-state index in [1.165, 1.54) is 7.11 Å². The van der Waals surface area contributed by atoms with E-state index in [9.17, 15) is 4.79 Å². The van der Waals surface area contributed by atoms with Crippen LogP contribution < -0.4 is 5.32 Å². The van der Waals surface area contributed by atoms with Gasteiger partial charge in [0.05, 0.1) is 7.11 Å². The van der Waals surface area contributed by atoms with Crippen LogP contribution in [0.5, 0.6) is 0 Å². The highest BCUT2D eigenvalue weighted by molar-refractivity contribution is 6.46. The van der Waals surface area contributed by atoms with E-state index < -0.39 is 9.28 Å². The van der Waals surface area contributed by atoms with E-state index in [4.69, 9.17) is 8.85 Å². The van der Waals surface area contributed by atoms with Gasteiger partial charge in [-0.2, -0.15) is 0 Å². The normalized spacial score (nSPS) is 12.5. The highest BCUT2D eigenvalue weighted by Gasteiger charge is 2.23. The van der Waals surface area contributed by atoms with Crippen LogP contribution in [0, 0.1) is 0 Å². The van der Waals surface area contributed by atoms with Gasteiger partial charge >= 0.3 is 15.4 Å². The van der Waals surface area contributed by atoms with Gasteiger partial charge in [-0.15, -0.1) is 0 Å². The second kappa shape index (κ2) is 11.5. The zero-order valence-electron chi connectivity index (χ0n) is 12.0. The first-order valence-corrected chi connectivity index (χ1v) is 8.35. The zero-order chi connectivity index (χ0) is 13.8. The molecule has 0 aliphatic heterocycles. The van der Waals surface area contributed by atoms with Gasteiger partial charge in [0.1, 0.15) is 0 Å². The summed E-state index contributed by atoms with van der Waals surface area (Å²) in [6.45, 7) is 8.25. The fourth-order valence-electron chi connectivity index (χ4n) is 1.81. The highest BCUT2D eigenvalue weighted by Crippen LogP contribution is 2.23. The Kier molecular flexibility index (Phi) is 11.1. The number of carbonyl (C=O) groups excluding carboxylic acids is 1. The summed E-state index contributed by atoms with van der Waals surface area (Å²) in [4.78, 5) is 10.9. The lowest BCUT2D eigenvalue weighted by molar-refractivity contribution is 0.170. The predicted molar refractivity (Wildman–Crippen MR) is 74.1 cm³/mol. The number of methoxy groups -OCH3 is 1. The SMILES string of the molecule is CCO[SiH](OCC)C(CC)CCCNC(=O)OC. The Morgan fingerprint density at radius 1 is 1.22 bits per heavy atom. The average Bonchev–Trinajstić information content (AvgIpc) is 2.38. The van der Waals surface area contributed by atoms with Gasteiger partial charge in [-0.05, 0) is 32.2 Å². The number of carbonyl (C=O) groups is 1. The van der Waals surface area contributed by atoms with Crippen molar-refractivity contribution in [3.63, 3.8) is 0 Å². The van der Waals surface area contributed by atoms with E-state index >= 15 is 0 Å². The first-order chi connectivity index (χ1) is 8.69. The topological polar surface area (TPSA) is 56.8 Å². The van der Waals surface area contributed by atoms with E-state index in [1.54, 1.807) is 0 Å². The third-order valence-electron chi connectivity index (χ3n) is 2.78. The van der Waals surface area contributed by atoms with Crippen LogP contribution in [0.25, 0.3) is 0 Å². The third kappa shape index (κ3) is 7.68. The maximum absolute atomic E-state index is 10.9. The minimum atomic E-state index is -1.57. The first kappa shape index (κ1) is 17.4. The van der Waals surface area contributed by atoms with Crippen molar-refractivity contribution in [2.45, 2.75) is 45.6 Å². The average molecular weight is 277 g/mol. The second-order valence-corrected chi connectivity index (χ2v) is 6.35. The molecule has 1 amide bonds. The molecule has 6 heteroatoms. The van der Waals surface area contributed by atoms with Crippen LogP contribution in [0.4, 0.5) is 4.79 Å². The van der Waals surface area contributed by atoms with Gasteiger partial charge in [0.2, 0.25) is 0 Å². The van der Waals surface area contributed by atoms with Gasteiger partial charge in [0.25, 0.3) is 0 Å². The van der Waals surface area contributed by atoms with E-state index in [2.05, 4.69) is 17.0 Å². The maximum Gasteiger partial charge on any atom is 0.406 e. The van der Waals surface area contributed by atoms with Crippen LogP contribution in [0.2, 0.25) is 5.54 Å². The Morgan fingerprint density at radius 3 is 2.28 bits per heavy atom. The van der Waals surface area contributed by atoms with Gasteiger partial charge in [-0.1, -0.05) is 13.3 Å². The summed E-state index contributed by atoms with van der Waals surface area (Å²) < 4.78 is 16.0. The number of ether oxygens (including phenoxy) is 1. The van der Waals surface area contributed by atoms with Crippen molar-refractivity contribution in [1.29, 1.82) is 0 Å². The summed E-state index contributed by atoms with van der Waals surface area (Å²) in [7, 11) is -0.195. The monoisotopic (exact) mass is 277 g/mol. The third-order valence-corrected chi connectivity index (χ3v) is 5.68. The van der Waals surface area contributed by atoms with Crippen molar-refractivity contribution in [1.82, 2.24) is 5.32 Å². The molecule has 18 heavy (non-hydrogen) atoms. The van der Waals surface area contributed by atoms with Crippen molar-refractivity contribution in [2.24, 2.45) is 0 Å². The number of alkyl carbamates (subject to hydrolysis) is 1. The van der Waals surface area contributed by atoms with Gasteiger partial charge in [0.15, 0.2) is 0 Å². The van der Waals surface area contributed by atoms with Crippen molar-refractivity contribution in [3.05, 3.63) is 0 Å². The Hall–Kier alpha value is -0.593. The molecule has 1 unspecified atom stereocenters. The first-order valence-electron chi connectivity index (χ1n) is 6.74. The maximum atomic E-state index is 10.9. The lowest BCUT2D eigenvalue weighted by Gasteiger charge is -2.23. The minimum absolute atomic E-state index is 0.369. The Morgan fingerprint density at radius 2 is 1.83 bits per heavy atom. The summed E-state index contributed by atoms with van der Waals surface area (Å²) in [5, 5.41) is 2.69. The number of rotatable bonds is 10. The van der Waals surface area contributed by atoms with E-state index in [-0.39, 0.29) is 6.09 Å². The summed E-state index contributed by atoms with van der Waals surface area (Å²) >= 11 is 0. The zero-order valence-corrected chi connectivity index (χ0v) is 13.2. The lowest BCUT2D eigenvalue weighted by atomic mass is 10.2. The van der Waals surface area contributed by atoms with Crippen molar-refractivity contribution in [3.8, 4) is 0 Å². The molecule has 0 bridgehead atoms. The Labute approximate surface area is 112 Å². The molecule has 108 valence electrons. The number of hydrogen-bond acceptors (Lipinski definition) is 4. The summed E-state index contributed by atoms with van der Waals surface area (Å²) in [6.07, 6.45) is 2.65. The molecule has 0 rings (SSSR count). The molecule has 0 aromatic heterocycles. The van der Waals surface area contributed by atoms with E-state index in [0.29, 0.717) is 25.3 Å². The molecule has 0 aliphatic carbocycles. The molecule has 0 aromatic carbocycles. The predicted octanol–water partition coefficient (Wildman–Crippen LogP) is 2.20. The van der Waals surface area contributed by atoms with Gasteiger partial charge < -0.3 is 18.9 Å². The second-order valence-electron chi connectivity index (χ2n) is 4.01. The van der Waals surface area contributed by atoms with Crippen LogP contribution in [0.3, 0.4) is 0 Å². The highest BCUT2D eigenvalue weighted by atomic mass is 28.3. The van der Waals surface area contributed by atoms with Crippen molar-refractivity contribution < 1.29 is 18.4 Å². The largest absolute Gasteiger partial charge is 0.453 e. The molecule has 5 nitrogen and oxygen atoms in total. The van der Waals surface area contributed by atoms with Crippen LogP contribution in [0.15, 0.2) is 0 Å². The quantitative estimate of drug-likeness (QED) is 0.491. The van der Waals surface area contributed by atoms with Crippen LogP contribution in [0.1, 0.15) is 40.0 Å². The smallest absolute Gasteiger partial charge is 0.406 e. The van der Waals surface area contributed by atoms with Gasteiger partial charge in [-0.3, -0.25) is 0 Å². The molecule has 0 aliphatic rings. The molecule has 0 aromatic rings. The molecular weight excluding hydrogens is 250 g/mol. The van der Waals surface area contributed by atoms with Gasteiger partial charge in [0, 0.05) is 19.8 Å². The molecule has 1 N–H and O–H groups in total. The standard InChI is InChI=1S/C12H27NO4Si/c1-5-11(18(16-6-2)17-7-3)9-8-10-13-12(14)15-4/h11,18H,5-10H2,1-4H3,(H,13,14). The fraction of sp³-hybridized carbons (Fsp3) is 0.917. The molecule has 0 saturated carbocycles. The summed E-state index contributed by atoms with van der Waals surface area (Å²) in [5.41, 5.74) is 0.504. The fourth-order valence-corrected chi connectivity index (χ4v) is 4.00. The molecule has 0 saturated heterocycles. The number of hydrogen-bond donors (Lipinski definition) is 1. The summed E-state index contributed by atoms with van der Waals surface area (Å²) in [5.74, 6) is 0. The van der Waals surface area contributed by atoms with Crippen molar-refractivity contribution in [2.75, 3.05) is 26.9 Å². The van der Waals surface area contributed by atoms with Crippen LogP contribution >= 0.6 is 0 Å². The molecular formula is C12H27NO4Si. The van der Waals surface area contributed by atoms with E-state index in [1.807, 2.05) is 13.8 Å². The lowest BCUT2D eigenvalue weighted by Crippen LogP contribution is -2.30. The Bertz CT molecular complexity index is 210. The molecule has 0 heterocycles. The van der Waals surface area contributed by atoms with Crippen LogP contribution in [-0.2, 0) is 13.6 Å². The van der Waals surface area contributed by atoms with Gasteiger partial charge in [-0.25, -0.2) is 4.79 Å². The Balaban J connectivity index is 3.94. The molecule has 1 atom stereocenters.